The van der Waals surface area contributed by atoms with Crippen molar-refractivity contribution in [2.45, 2.75) is 33.4 Å². The van der Waals surface area contributed by atoms with Gasteiger partial charge in [-0.15, -0.1) is 0 Å². The van der Waals surface area contributed by atoms with E-state index in [1.165, 1.54) is 9.13 Å². The second-order valence-corrected chi connectivity index (χ2v) is 7.41. The van der Waals surface area contributed by atoms with Gasteiger partial charge in [0.15, 0.2) is 11.2 Å². The molecule has 8 heteroatoms. The molecular formula is C20H22ClN5O2. The highest BCUT2D eigenvalue weighted by molar-refractivity contribution is 6.31. The number of allylic oxidation sites excluding steroid dienone is 2. The lowest BCUT2D eigenvalue weighted by Gasteiger charge is -2.29. The Balaban J connectivity index is 1.96. The lowest BCUT2D eigenvalue weighted by atomic mass is 10.2. The molecule has 0 fully saturated rings. The molecule has 0 saturated heterocycles. The minimum Gasteiger partial charge on any atom is -0.312 e. The van der Waals surface area contributed by atoms with Crippen molar-refractivity contribution in [1.29, 1.82) is 0 Å². The Morgan fingerprint density at radius 3 is 2.75 bits per heavy atom. The summed E-state index contributed by atoms with van der Waals surface area (Å²) in [4.78, 5) is 32.5. The Bertz CT molecular complexity index is 1220. The van der Waals surface area contributed by atoms with E-state index in [0.717, 1.165) is 24.2 Å². The molecule has 0 atom stereocenters. The first kappa shape index (κ1) is 18.6. The number of benzene rings is 1. The van der Waals surface area contributed by atoms with Crippen molar-refractivity contribution in [3.05, 3.63) is 61.8 Å². The van der Waals surface area contributed by atoms with Gasteiger partial charge in [-0.25, -0.2) is 4.79 Å². The summed E-state index contributed by atoms with van der Waals surface area (Å²) in [6.07, 6.45) is 4.48. The molecule has 0 radical (unpaired) electrons. The van der Waals surface area contributed by atoms with Crippen LogP contribution in [0, 0.1) is 6.92 Å². The van der Waals surface area contributed by atoms with E-state index in [1.54, 1.807) is 13.1 Å². The van der Waals surface area contributed by atoms with Gasteiger partial charge in [-0.05, 0) is 38.0 Å². The number of aryl methyl sites for hydroxylation is 3. The first-order valence-electron chi connectivity index (χ1n) is 9.29. The van der Waals surface area contributed by atoms with E-state index in [1.807, 2.05) is 42.7 Å². The summed E-state index contributed by atoms with van der Waals surface area (Å²) in [7, 11) is 1.66. The van der Waals surface area contributed by atoms with E-state index in [0.29, 0.717) is 28.7 Å². The second-order valence-electron chi connectivity index (χ2n) is 7.00. The largest absolute Gasteiger partial charge is 0.332 e. The number of fused-ring (bicyclic) bond motifs is 3. The fourth-order valence-corrected chi connectivity index (χ4v) is 3.81. The van der Waals surface area contributed by atoms with Crippen molar-refractivity contribution in [2.24, 2.45) is 7.05 Å². The van der Waals surface area contributed by atoms with Gasteiger partial charge in [-0.2, -0.15) is 4.98 Å². The van der Waals surface area contributed by atoms with Crippen LogP contribution in [-0.2, 0) is 20.1 Å². The maximum atomic E-state index is 13.1. The standard InChI is InChI=1S/C20H22ClN5O2/c1-4-5-9-26-18(27)16-17(23(3)20(26)28)22-19-24(10-6-11-25(16)19)14-8-7-13(2)15(21)12-14/h4-5,7-8,12H,6,9-11H2,1-3H3. The molecule has 0 saturated carbocycles. The zero-order valence-electron chi connectivity index (χ0n) is 16.1. The Hall–Kier alpha value is -2.80. The van der Waals surface area contributed by atoms with Gasteiger partial charge < -0.3 is 9.47 Å². The molecule has 1 aliphatic rings. The molecule has 0 bridgehead atoms. The highest BCUT2D eigenvalue weighted by atomic mass is 35.5. The molecule has 28 heavy (non-hydrogen) atoms. The molecule has 0 amide bonds. The summed E-state index contributed by atoms with van der Waals surface area (Å²) < 4.78 is 4.62. The zero-order chi connectivity index (χ0) is 20.0. The van der Waals surface area contributed by atoms with Gasteiger partial charge in [-0.1, -0.05) is 29.8 Å². The van der Waals surface area contributed by atoms with Gasteiger partial charge in [0.05, 0.1) is 0 Å². The number of hydrogen-bond acceptors (Lipinski definition) is 4. The summed E-state index contributed by atoms with van der Waals surface area (Å²) in [5.74, 6) is 0.664. The predicted octanol–water partition coefficient (Wildman–Crippen LogP) is 2.98. The smallest absolute Gasteiger partial charge is 0.312 e. The summed E-state index contributed by atoms with van der Waals surface area (Å²) in [5.41, 5.74) is 2.13. The molecule has 7 nitrogen and oxygen atoms in total. The van der Waals surface area contributed by atoms with Crippen LogP contribution >= 0.6 is 11.6 Å². The highest BCUT2D eigenvalue weighted by Gasteiger charge is 2.27. The summed E-state index contributed by atoms with van der Waals surface area (Å²) in [6.45, 7) is 5.51. The normalized spacial score (nSPS) is 14.2. The van der Waals surface area contributed by atoms with Crippen LogP contribution in [0.2, 0.25) is 5.02 Å². The molecule has 1 aromatic carbocycles. The van der Waals surface area contributed by atoms with Crippen molar-refractivity contribution >= 4 is 34.4 Å². The molecule has 3 heterocycles. The molecule has 1 aliphatic heterocycles. The van der Waals surface area contributed by atoms with Gasteiger partial charge in [0, 0.05) is 37.4 Å². The van der Waals surface area contributed by atoms with Crippen LogP contribution in [0.4, 0.5) is 11.6 Å². The Labute approximate surface area is 167 Å². The molecule has 0 aliphatic carbocycles. The lowest BCUT2D eigenvalue weighted by Crippen LogP contribution is -2.39. The molecule has 0 N–H and O–H groups in total. The minimum atomic E-state index is -0.365. The van der Waals surface area contributed by atoms with Crippen molar-refractivity contribution < 1.29 is 0 Å². The molecule has 0 spiro atoms. The van der Waals surface area contributed by atoms with E-state index in [4.69, 9.17) is 11.6 Å². The van der Waals surface area contributed by atoms with Gasteiger partial charge >= 0.3 is 5.69 Å². The average molecular weight is 400 g/mol. The monoisotopic (exact) mass is 399 g/mol. The Morgan fingerprint density at radius 2 is 2.04 bits per heavy atom. The van der Waals surface area contributed by atoms with E-state index in [2.05, 4.69) is 9.88 Å². The van der Waals surface area contributed by atoms with Crippen molar-refractivity contribution in [3.8, 4) is 0 Å². The van der Waals surface area contributed by atoms with E-state index in [-0.39, 0.29) is 17.8 Å². The Morgan fingerprint density at radius 1 is 1.25 bits per heavy atom. The van der Waals surface area contributed by atoms with Crippen molar-refractivity contribution in [1.82, 2.24) is 18.7 Å². The summed E-state index contributed by atoms with van der Waals surface area (Å²) >= 11 is 6.32. The third-order valence-electron chi connectivity index (χ3n) is 5.21. The maximum Gasteiger partial charge on any atom is 0.332 e. The van der Waals surface area contributed by atoms with E-state index in [9.17, 15) is 9.59 Å². The van der Waals surface area contributed by atoms with Gasteiger partial charge in [-0.3, -0.25) is 13.9 Å². The second kappa shape index (κ2) is 6.98. The van der Waals surface area contributed by atoms with Crippen LogP contribution in [0.1, 0.15) is 18.9 Å². The summed E-state index contributed by atoms with van der Waals surface area (Å²) in [5, 5.41) is 0.687. The van der Waals surface area contributed by atoms with Gasteiger partial charge in [0.1, 0.15) is 0 Å². The molecule has 146 valence electrons. The van der Waals surface area contributed by atoms with Crippen LogP contribution in [0.5, 0.6) is 0 Å². The molecule has 0 unspecified atom stereocenters. The topological polar surface area (TPSA) is 65.1 Å². The van der Waals surface area contributed by atoms with Crippen molar-refractivity contribution in [3.63, 3.8) is 0 Å². The van der Waals surface area contributed by atoms with E-state index < -0.39 is 0 Å². The number of anilines is 2. The SMILES string of the molecule is CC=CCn1c(=O)c2c(nc3n2CCCN3c2ccc(C)c(Cl)c2)n(C)c1=O. The minimum absolute atomic E-state index is 0.246. The molecule has 3 aromatic rings. The van der Waals surface area contributed by atoms with Crippen LogP contribution in [0.25, 0.3) is 11.2 Å². The fourth-order valence-electron chi connectivity index (χ4n) is 3.63. The molecule has 4 rings (SSSR count). The van der Waals surface area contributed by atoms with E-state index >= 15 is 0 Å². The fraction of sp³-hybridized carbons (Fsp3) is 0.350. The van der Waals surface area contributed by atoms with Crippen LogP contribution < -0.4 is 16.1 Å². The predicted molar refractivity (Wildman–Crippen MR) is 112 cm³/mol. The lowest BCUT2D eigenvalue weighted by molar-refractivity contribution is 0.598. The van der Waals surface area contributed by atoms with Crippen LogP contribution in [0.15, 0.2) is 39.9 Å². The maximum absolute atomic E-state index is 13.1. The highest BCUT2D eigenvalue weighted by Crippen LogP contribution is 2.33. The van der Waals surface area contributed by atoms with Crippen LogP contribution in [0.3, 0.4) is 0 Å². The number of hydrogen-bond donors (Lipinski definition) is 0. The van der Waals surface area contributed by atoms with Gasteiger partial charge in [0.2, 0.25) is 5.95 Å². The number of aromatic nitrogens is 4. The third-order valence-corrected chi connectivity index (χ3v) is 5.62. The average Bonchev–Trinajstić information content (AvgIpc) is 3.08. The number of rotatable bonds is 3. The summed E-state index contributed by atoms with van der Waals surface area (Å²) in [6, 6.07) is 5.88. The number of nitrogens with zero attached hydrogens (tertiary/aromatic N) is 5. The first-order chi connectivity index (χ1) is 13.4. The van der Waals surface area contributed by atoms with Crippen LogP contribution in [-0.4, -0.2) is 25.2 Å². The molecule has 2 aromatic heterocycles. The van der Waals surface area contributed by atoms with Gasteiger partial charge in [0.25, 0.3) is 5.56 Å². The quantitative estimate of drug-likeness (QED) is 0.635. The molecular weight excluding hydrogens is 378 g/mol. The first-order valence-corrected chi connectivity index (χ1v) is 9.66. The number of halogens is 1. The third kappa shape index (κ3) is 2.77. The Kier molecular flexibility index (Phi) is 4.63. The zero-order valence-corrected chi connectivity index (χ0v) is 16.9. The van der Waals surface area contributed by atoms with Crippen molar-refractivity contribution in [2.75, 3.05) is 11.4 Å². The number of imidazole rings is 1.